The molecule has 0 fully saturated rings. The minimum Gasteiger partial charge on any atom is -0.493 e. The lowest BCUT2D eigenvalue weighted by molar-refractivity contribution is 0.285. The van der Waals surface area contributed by atoms with Gasteiger partial charge in [-0.25, -0.2) is 0 Å². The fourth-order valence-corrected chi connectivity index (χ4v) is 2.14. The van der Waals surface area contributed by atoms with E-state index in [2.05, 4.69) is 17.1 Å². The Morgan fingerprint density at radius 1 is 0.947 bits per heavy atom. The number of rotatable bonds is 4. The van der Waals surface area contributed by atoms with Crippen LogP contribution in [0.25, 0.3) is 10.9 Å². The SMILES string of the molecule is COc1ccccc1OCc1c[nH]c2ccccc12. The van der Waals surface area contributed by atoms with Crippen molar-refractivity contribution >= 4 is 10.9 Å². The lowest BCUT2D eigenvalue weighted by Crippen LogP contribution is -1.96. The van der Waals surface area contributed by atoms with Crippen molar-refractivity contribution in [2.45, 2.75) is 6.61 Å². The molecule has 1 heterocycles. The van der Waals surface area contributed by atoms with Gasteiger partial charge in [0.05, 0.1) is 7.11 Å². The maximum absolute atomic E-state index is 5.84. The molecule has 0 aliphatic rings. The Hall–Kier alpha value is -2.42. The van der Waals surface area contributed by atoms with Gasteiger partial charge in [-0.3, -0.25) is 0 Å². The number of aromatic nitrogens is 1. The fourth-order valence-electron chi connectivity index (χ4n) is 2.14. The number of hydrogen-bond donors (Lipinski definition) is 1. The van der Waals surface area contributed by atoms with Crippen LogP contribution in [0.4, 0.5) is 0 Å². The smallest absolute Gasteiger partial charge is 0.161 e. The highest BCUT2D eigenvalue weighted by Gasteiger charge is 2.06. The van der Waals surface area contributed by atoms with Gasteiger partial charge in [-0.2, -0.15) is 0 Å². The highest BCUT2D eigenvalue weighted by Crippen LogP contribution is 2.27. The first kappa shape index (κ1) is 11.7. The Kier molecular flexibility index (Phi) is 3.11. The monoisotopic (exact) mass is 253 g/mol. The summed E-state index contributed by atoms with van der Waals surface area (Å²) in [6.07, 6.45) is 1.99. The molecule has 0 aliphatic carbocycles. The van der Waals surface area contributed by atoms with Gasteiger partial charge in [0.25, 0.3) is 0 Å². The Balaban J connectivity index is 1.82. The number of benzene rings is 2. The molecular formula is C16H15NO2. The van der Waals surface area contributed by atoms with Crippen LogP contribution in [0.15, 0.2) is 54.7 Å². The lowest BCUT2D eigenvalue weighted by Gasteiger charge is -2.09. The van der Waals surface area contributed by atoms with Crippen molar-refractivity contribution in [1.29, 1.82) is 0 Å². The van der Waals surface area contributed by atoms with Gasteiger partial charge >= 0.3 is 0 Å². The average molecular weight is 253 g/mol. The molecule has 0 saturated carbocycles. The van der Waals surface area contributed by atoms with Gasteiger partial charge in [-0.15, -0.1) is 0 Å². The Bertz CT molecular complexity index is 688. The van der Waals surface area contributed by atoms with Crippen LogP contribution in [-0.2, 0) is 6.61 Å². The Morgan fingerprint density at radius 2 is 1.68 bits per heavy atom. The molecule has 0 unspecified atom stereocenters. The number of ether oxygens (including phenoxy) is 2. The van der Waals surface area contributed by atoms with E-state index in [4.69, 9.17) is 9.47 Å². The molecule has 3 aromatic rings. The molecule has 1 N–H and O–H groups in total. The number of H-pyrrole nitrogens is 1. The minimum atomic E-state index is 0.518. The molecule has 19 heavy (non-hydrogen) atoms. The molecule has 0 radical (unpaired) electrons. The molecule has 3 nitrogen and oxygen atoms in total. The maximum atomic E-state index is 5.84. The first-order valence-electron chi connectivity index (χ1n) is 6.19. The highest BCUT2D eigenvalue weighted by molar-refractivity contribution is 5.82. The quantitative estimate of drug-likeness (QED) is 0.768. The summed E-state index contributed by atoms with van der Waals surface area (Å²) in [5.41, 5.74) is 2.27. The van der Waals surface area contributed by atoms with E-state index in [9.17, 15) is 0 Å². The molecule has 3 heteroatoms. The second-order valence-electron chi connectivity index (χ2n) is 4.30. The van der Waals surface area contributed by atoms with Crippen LogP contribution < -0.4 is 9.47 Å². The molecule has 96 valence electrons. The number of para-hydroxylation sites is 3. The van der Waals surface area contributed by atoms with Gasteiger partial charge in [0, 0.05) is 22.7 Å². The number of aromatic amines is 1. The fraction of sp³-hybridized carbons (Fsp3) is 0.125. The summed E-state index contributed by atoms with van der Waals surface area (Å²) >= 11 is 0. The molecule has 2 aromatic carbocycles. The Morgan fingerprint density at radius 3 is 2.53 bits per heavy atom. The van der Waals surface area contributed by atoms with Crippen LogP contribution in [-0.4, -0.2) is 12.1 Å². The van der Waals surface area contributed by atoms with Crippen LogP contribution in [0.5, 0.6) is 11.5 Å². The van der Waals surface area contributed by atoms with E-state index in [1.54, 1.807) is 7.11 Å². The zero-order valence-electron chi connectivity index (χ0n) is 10.7. The summed E-state index contributed by atoms with van der Waals surface area (Å²) in [7, 11) is 1.65. The number of fused-ring (bicyclic) bond motifs is 1. The number of methoxy groups -OCH3 is 1. The first-order valence-corrected chi connectivity index (χ1v) is 6.19. The van der Waals surface area contributed by atoms with Crippen molar-refractivity contribution in [1.82, 2.24) is 4.98 Å². The summed E-state index contributed by atoms with van der Waals surface area (Å²) in [4.78, 5) is 3.24. The van der Waals surface area contributed by atoms with Crippen molar-refractivity contribution in [3.63, 3.8) is 0 Å². The van der Waals surface area contributed by atoms with E-state index < -0.39 is 0 Å². The summed E-state index contributed by atoms with van der Waals surface area (Å²) in [5.74, 6) is 1.51. The van der Waals surface area contributed by atoms with Gasteiger partial charge in [-0.1, -0.05) is 30.3 Å². The van der Waals surface area contributed by atoms with Gasteiger partial charge < -0.3 is 14.5 Å². The van der Waals surface area contributed by atoms with Crippen LogP contribution in [0, 0.1) is 0 Å². The number of nitrogens with one attached hydrogen (secondary N) is 1. The van der Waals surface area contributed by atoms with E-state index >= 15 is 0 Å². The van der Waals surface area contributed by atoms with E-state index in [0.29, 0.717) is 6.61 Å². The Labute approximate surface area is 111 Å². The second-order valence-corrected chi connectivity index (χ2v) is 4.30. The van der Waals surface area contributed by atoms with Crippen molar-refractivity contribution in [3.8, 4) is 11.5 Å². The van der Waals surface area contributed by atoms with Gasteiger partial charge in [0.1, 0.15) is 6.61 Å². The van der Waals surface area contributed by atoms with Crippen molar-refractivity contribution in [2.24, 2.45) is 0 Å². The maximum Gasteiger partial charge on any atom is 0.161 e. The standard InChI is InChI=1S/C16H15NO2/c1-18-15-8-4-5-9-16(15)19-11-12-10-17-14-7-3-2-6-13(12)14/h2-10,17H,11H2,1H3. The molecule has 1 aromatic heterocycles. The highest BCUT2D eigenvalue weighted by atomic mass is 16.5. The molecule has 0 saturated heterocycles. The van der Waals surface area contributed by atoms with E-state index in [0.717, 1.165) is 22.6 Å². The first-order chi connectivity index (χ1) is 9.38. The third kappa shape index (κ3) is 2.27. The summed E-state index contributed by atoms with van der Waals surface area (Å²) in [6.45, 7) is 0.518. The van der Waals surface area contributed by atoms with Crippen molar-refractivity contribution in [2.75, 3.05) is 7.11 Å². The average Bonchev–Trinajstić information content (AvgIpc) is 2.89. The summed E-state index contributed by atoms with van der Waals surface area (Å²) < 4.78 is 11.1. The van der Waals surface area contributed by atoms with Crippen LogP contribution in [0.3, 0.4) is 0 Å². The van der Waals surface area contributed by atoms with E-state index in [1.165, 1.54) is 5.39 Å². The van der Waals surface area contributed by atoms with Gasteiger partial charge in [-0.05, 0) is 18.2 Å². The molecule has 0 amide bonds. The van der Waals surface area contributed by atoms with E-state index in [1.807, 2.05) is 42.6 Å². The molecular weight excluding hydrogens is 238 g/mol. The van der Waals surface area contributed by atoms with Crippen LogP contribution in [0.2, 0.25) is 0 Å². The molecule has 0 aliphatic heterocycles. The zero-order chi connectivity index (χ0) is 13.1. The van der Waals surface area contributed by atoms with Crippen LogP contribution in [0.1, 0.15) is 5.56 Å². The predicted octanol–water partition coefficient (Wildman–Crippen LogP) is 3.76. The number of hydrogen-bond acceptors (Lipinski definition) is 2. The topological polar surface area (TPSA) is 34.2 Å². The molecule has 0 atom stereocenters. The van der Waals surface area contributed by atoms with Crippen molar-refractivity contribution < 1.29 is 9.47 Å². The van der Waals surface area contributed by atoms with E-state index in [-0.39, 0.29) is 0 Å². The molecule has 0 spiro atoms. The zero-order valence-corrected chi connectivity index (χ0v) is 10.7. The molecule has 3 rings (SSSR count). The van der Waals surface area contributed by atoms with Crippen molar-refractivity contribution in [3.05, 3.63) is 60.3 Å². The lowest BCUT2D eigenvalue weighted by atomic mass is 10.2. The van der Waals surface area contributed by atoms with Gasteiger partial charge in [0.2, 0.25) is 0 Å². The van der Waals surface area contributed by atoms with Crippen LogP contribution >= 0.6 is 0 Å². The largest absolute Gasteiger partial charge is 0.493 e. The third-order valence-corrected chi connectivity index (χ3v) is 3.13. The normalized spacial score (nSPS) is 10.6. The minimum absolute atomic E-state index is 0.518. The second kappa shape index (κ2) is 5.06. The molecule has 0 bridgehead atoms. The third-order valence-electron chi connectivity index (χ3n) is 3.13. The predicted molar refractivity (Wildman–Crippen MR) is 75.6 cm³/mol. The summed E-state index contributed by atoms with van der Waals surface area (Å²) in [6, 6.07) is 15.9. The van der Waals surface area contributed by atoms with Gasteiger partial charge in [0.15, 0.2) is 11.5 Å². The summed E-state index contributed by atoms with van der Waals surface area (Å²) in [5, 5.41) is 1.19.